The van der Waals surface area contributed by atoms with Gasteiger partial charge in [-0.3, -0.25) is 4.79 Å². The van der Waals surface area contributed by atoms with E-state index in [1.165, 1.54) is 25.7 Å². The van der Waals surface area contributed by atoms with E-state index in [0.717, 1.165) is 13.0 Å². The van der Waals surface area contributed by atoms with E-state index in [1.807, 2.05) is 0 Å². The van der Waals surface area contributed by atoms with Gasteiger partial charge < -0.3 is 16.2 Å². The first-order chi connectivity index (χ1) is 7.50. The Kier molecular flexibility index (Phi) is 8.21. The van der Waals surface area contributed by atoms with Gasteiger partial charge in [-0.05, 0) is 19.8 Å². The van der Waals surface area contributed by atoms with Crippen LogP contribution in [0.5, 0.6) is 0 Å². The number of hydrogen-bond donors (Lipinski definition) is 2. The molecule has 0 fully saturated rings. The van der Waals surface area contributed by atoms with Gasteiger partial charge in [-0.2, -0.15) is 0 Å². The van der Waals surface area contributed by atoms with E-state index in [0.29, 0.717) is 13.0 Å². The Labute approximate surface area is 98.7 Å². The fraction of sp³-hybridized carbons (Fsp3) is 0.917. The molecule has 0 saturated heterocycles. The lowest BCUT2D eigenvalue weighted by Gasteiger charge is -2.19. The summed E-state index contributed by atoms with van der Waals surface area (Å²) in [6.45, 7) is 5.09. The monoisotopic (exact) mass is 230 g/mol. The van der Waals surface area contributed by atoms with Crippen LogP contribution >= 0.6 is 0 Å². The Hall–Kier alpha value is -0.610. The van der Waals surface area contributed by atoms with Crippen LogP contribution in [0.25, 0.3) is 0 Å². The lowest BCUT2D eigenvalue weighted by atomic mass is 9.99. The van der Waals surface area contributed by atoms with Gasteiger partial charge >= 0.3 is 0 Å². The zero-order valence-electron chi connectivity index (χ0n) is 10.6. The van der Waals surface area contributed by atoms with Crippen LogP contribution in [0.15, 0.2) is 0 Å². The van der Waals surface area contributed by atoms with E-state index >= 15 is 0 Å². The summed E-state index contributed by atoms with van der Waals surface area (Å²) in [6.07, 6.45) is 6.60. The number of nitrogens with two attached hydrogens (primary N) is 2. The number of hydrogen-bond acceptors (Lipinski definition) is 3. The summed E-state index contributed by atoms with van der Waals surface area (Å²) >= 11 is 0. The molecule has 0 aromatic rings. The van der Waals surface area contributed by atoms with Crippen LogP contribution in [0.4, 0.5) is 0 Å². The number of amides is 1. The van der Waals surface area contributed by atoms with Crippen LogP contribution in [0.1, 0.15) is 52.4 Å². The SMILES string of the molecule is CCCCCCCOCCC(C)(N)C(N)=O. The lowest BCUT2D eigenvalue weighted by molar-refractivity contribution is -0.123. The standard InChI is InChI=1S/C12H26N2O2/c1-3-4-5-6-7-9-16-10-8-12(2,14)11(13)15/h3-10,14H2,1-2H3,(H2,13,15). The highest BCUT2D eigenvalue weighted by Gasteiger charge is 2.24. The molecule has 96 valence electrons. The first kappa shape index (κ1) is 15.4. The molecule has 0 aliphatic heterocycles. The molecule has 0 heterocycles. The zero-order valence-corrected chi connectivity index (χ0v) is 10.6. The van der Waals surface area contributed by atoms with Crippen molar-refractivity contribution in [2.24, 2.45) is 11.5 Å². The van der Waals surface area contributed by atoms with Gasteiger partial charge in [0.2, 0.25) is 5.91 Å². The highest BCUT2D eigenvalue weighted by molar-refractivity contribution is 5.83. The number of carbonyl (C=O) groups excluding carboxylic acids is 1. The molecule has 0 aliphatic rings. The maximum atomic E-state index is 10.9. The van der Waals surface area contributed by atoms with Crippen LogP contribution < -0.4 is 11.5 Å². The predicted molar refractivity (Wildman–Crippen MR) is 66.0 cm³/mol. The van der Waals surface area contributed by atoms with Crippen molar-refractivity contribution in [3.05, 3.63) is 0 Å². The van der Waals surface area contributed by atoms with Gasteiger partial charge in [0.25, 0.3) is 0 Å². The molecule has 0 aromatic heterocycles. The predicted octanol–water partition coefficient (Wildman–Crippen LogP) is 1.57. The minimum absolute atomic E-state index is 0.473. The first-order valence-corrected chi connectivity index (χ1v) is 6.17. The van der Waals surface area contributed by atoms with Crippen molar-refractivity contribution in [2.45, 2.75) is 57.9 Å². The highest BCUT2D eigenvalue weighted by Crippen LogP contribution is 2.06. The van der Waals surface area contributed by atoms with E-state index in [-0.39, 0.29) is 0 Å². The van der Waals surface area contributed by atoms with Crippen molar-refractivity contribution in [1.82, 2.24) is 0 Å². The molecule has 4 heteroatoms. The van der Waals surface area contributed by atoms with Gasteiger partial charge in [-0.1, -0.05) is 32.6 Å². The quantitative estimate of drug-likeness (QED) is 0.559. The Bertz CT molecular complexity index is 193. The van der Waals surface area contributed by atoms with Gasteiger partial charge in [-0.15, -0.1) is 0 Å². The first-order valence-electron chi connectivity index (χ1n) is 6.17. The molecule has 1 atom stereocenters. The molecular weight excluding hydrogens is 204 g/mol. The maximum absolute atomic E-state index is 10.9. The van der Waals surface area contributed by atoms with Crippen molar-refractivity contribution in [3.8, 4) is 0 Å². The minimum Gasteiger partial charge on any atom is -0.381 e. The Morgan fingerprint density at radius 1 is 1.19 bits per heavy atom. The average Bonchev–Trinajstić information content (AvgIpc) is 2.21. The second kappa shape index (κ2) is 8.53. The number of unbranched alkanes of at least 4 members (excludes halogenated alkanes) is 4. The third-order valence-electron chi connectivity index (χ3n) is 2.72. The summed E-state index contributed by atoms with van der Waals surface area (Å²) in [6, 6.07) is 0. The fourth-order valence-electron chi connectivity index (χ4n) is 1.32. The van der Waals surface area contributed by atoms with Gasteiger partial charge in [0.15, 0.2) is 0 Å². The largest absolute Gasteiger partial charge is 0.381 e. The average molecular weight is 230 g/mol. The Morgan fingerprint density at radius 2 is 1.81 bits per heavy atom. The molecule has 0 rings (SSSR count). The number of carbonyl (C=O) groups is 1. The summed E-state index contributed by atoms with van der Waals surface area (Å²) in [4.78, 5) is 10.9. The summed E-state index contributed by atoms with van der Waals surface area (Å²) < 4.78 is 5.41. The second-order valence-electron chi connectivity index (χ2n) is 4.56. The van der Waals surface area contributed by atoms with E-state index in [9.17, 15) is 4.79 Å². The van der Waals surface area contributed by atoms with Crippen LogP contribution in [0.2, 0.25) is 0 Å². The third-order valence-corrected chi connectivity index (χ3v) is 2.72. The van der Waals surface area contributed by atoms with E-state index in [2.05, 4.69) is 6.92 Å². The zero-order chi connectivity index (χ0) is 12.4. The molecule has 0 radical (unpaired) electrons. The molecule has 4 N–H and O–H groups in total. The smallest absolute Gasteiger partial charge is 0.237 e. The van der Waals surface area contributed by atoms with E-state index in [1.54, 1.807) is 6.92 Å². The Balaban J connectivity index is 3.30. The lowest BCUT2D eigenvalue weighted by Crippen LogP contribution is -2.50. The van der Waals surface area contributed by atoms with Crippen LogP contribution in [0.3, 0.4) is 0 Å². The van der Waals surface area contributed by atoms with Crippen molar-refractivity contribution in [1.29, 1.82) is 0 Å². The summed E-state index contributed by atoms with van der Waals surface area (Å²) in [5.41, 5.74) is 9.89. The van der Waals surface area contributed by atoms with Crippen LogP contribution in [-0.2, 0) is 9.53 Å². The second-order valence-corrected chi connectivity index (χ2v) is 4.56. The van der Waals surface area contributed by atoms with Crippen LogP contribution in [0, 0.1) is 0 Å². The number of rotatable bonds is 10. The molecule has 16 heavy (non-hydrogen) atoms. The van der Waals surface area contributed by atoms with Gasteiger partial charge in [0, 0.05) is 13.2 Å². The third kappa shape index (κ3) is 7.65. The molecule has 1 unspecified atom stereocenters. The normalized spacial score (nSPS) is 14.7. The molecule has 0 saturated carbocycles. The molecule has 0 spiro atoms. The molecule has 0 aromatic carbocycles. The summed E-state index contributed by atoms with van der Waals surface area (Å²) in [7, 11) is 0. The van der Waals surface area contributed by atoms with Gasteiger partial charge in [0.05, 0.1) is 5.54 Å². The van der Waals surface area contributed by atoms with Crippen molar-refractivity contribution < 1.29 is 9.53 Å². The van der Waals surface area contributed by atoms with Gasteiger partial charge in [-0.25, -0.2) is 0 Å². The van der Waals surface area contributed by atoms with Crippen molar-refractivity contribution >= 4 is 5.91 Å². The molecule has 0 aliphatic carbocycles. The molecule has 0 bridgehead atoms. The summed E-state index contributed by atoms with van der Waals surface area (Å²) in [5.74, 6) is -0.473. The van der Waals surface area contributed by atoms with Gasteiger partial charge in [0.1, 0.15) is 0 Å². The van der Waals surface area contributed by atoms with Crippen molar-refractivity contribution in [3.63, 3.8) is 0 Å². The van der Waals surface area contributed by atoms with E-state index < -0.39 is 11.4 Å². The molecule has 4 nitrogen and oxygen atoms in total. The number of ether oxygens (including phenoxy) is 1. The fourth-order valence-corrected chi connectivity index (χ4v) is 1.32. The van der Waals surface area contributed by atoms with Crippen molar-refractivity contribution in [2.75, 3.05) is 13.2 Å². The topological polar surface area (TPSA) is 78.3 Å². The number of primary amides is 1. The Morgan fingerprint density at radius 3 is 2.38 bits per heavy atom. The summed E-state index contributed by atoms with van der Waals surface area (Å²) in [5, 5.41) is 0. The molecule has 1 amide bonds. The highest BCUT2D eigenvalue weighted by atomic mass is 16.5. The van der Waals surface area contributed by atoms with Crippen LogP contribution in [-0.4, -0.2) is 24.7 Å². The maximum Gasteiger partial charge on any atom is 0.237 e. The van der Waals surface area contributed by atoms with E-state index in [4.69, 9.17) is 16.2 Å². The minimum atomic E-state index is -0.942. The molecular formula is C12H26N2O2.